The number of aromatic nitrogens is 7. The van der Waals surface area contributed by atoms with Gasteiger partial charge in [0.25, 0.3) is 0 Å². The normalized spacial score (nSPS) is 12.1. The molecule has 7 nitrogen and oxygen atoms in total. The van der Waals surface area contributed by atoms with Crippen molar-refractivity contribution in [3.63, 3.8) is 0 Å². The van der Waals surface area contributed by atoms with Crippen LogP contribution in [0.1, 0.15) is 0 Å². The summed E-state index contributed by atoms with van der Waals surface area (Å²) < 4.78 is 15.1. The van der Waals surface area contributed by atoms with Gasteiger partial charge in [-0.2, -0.15) is 0 Å². The summed E-state index contributed by atoms with van der Waals surface area (Å²) in [7, 11) is 0. The van der Waals surface area contributed by atoms with Gasteiger partial charge < -0.3 is 18.3 Å². The first-order valence-electron chi connectivity index (χ1n) is 35.0. The zero-order valence-electron chi connectivity index (χ0n) is 55.2. The molecule has 0 spiro atoms. The largest absolute Gasteiger partial charge is 0.309 e. The van der Waals surface area contributed by atoms with Crippen molar-refractivity contribution >= 4 is 131 Å². The molecule has 0 aliphatic rings. The third kappa shape index (κ3) is 7.98. The number of para-hydroxylation sites is 10. The van der Waals surface area contributed by atoms with Crippen LogP contribution in [0.3, 0.4) is 0 Å². The molecular formula is C95H59N7. The highest BCUT2D eigenvalue weighted by atomic mass is 15.2. The molecule has 22 rings (SSSR count). The number of benzene rings is 15. The molecular weight excluding hydrogens is 1240 g/mol. The Hall–Kier alpha value is -13.8. The fourth-order valence-corrected chi connectivity index (χ4v) is 17.4. The van der Waals surface area contributed by atoms with E-state index in [2.05, 4.69) is 385 Å². The summed E-state index contributed by atoms with van der Waals surface area (Å²) in [6, 6.07) is 132. The molecule has 7 aromatic heterocycles. The first kappa shape index (κ1) is 56.3. The summed E-state index contributed by atoms with van der Waals surface area (Å²) in [6.07, 6.45) is 0. The van der Waals surface area contributed by atoms with Gasteiger partial charge in [-0.1, -0.05) is 261 Å². The smallest absolute Gasteiger partial charge is 0.165 e. The second-order valence-electron chi connectivity index (χ2n) is 26.9. The molecule has 0 N–H and O–H groups in total. The number of rotatable bonds is 9. The SMILES string of the molecule is c1ccc(-c2cccc(-c3ccccc3)c2-c2c(-n3c4ccccc4c4ccccc43)c(-n3c4ccccc4c4ccccc43)nc(-n3c4ccccc4c4ccccc43)c2-n2c3ccc(-n4c5ccccc5c5ccccc54)cc3c3cc(-n4c5ccccc5c5ccccc54)ccc32)cc1. The summed E-state index contributed by atoms with van der Waals surface area (Å²) in [5.74, 6) is 1.54. The standard InChI is InChI=1S/C95H59N7/c1-3-28-60(29-4-1)64-42-27-43-65(61-30-5-2-6-31-61)90(64)91-92(99-82-48-21-11-36-70(82)71-37-12-22-49-83(71)99)94(101-84-50-23-13-38-72(84)73-39-14-24-51-85(73)101)96-95(102-86-52-25-15-40-74(86)75-41-16-26-53-87(75)102)93(91)100-88-56-54-62(97-78-44-17-7-32-66(78)67-33-8-18-45-79(67)97)58-76(88)77-59-63(55-57-89(77)100)98-80-46-19-9-34-68(80)69-35-10-20-47-81(69)98/h1-59H. The van der Waals surface area contributed by atoms with Gasteiger partial charge in [0.1, 0.15) is 11.4 Å². The van der Waals surface area contributed by atoms with Gasteiger partial charge in [-0.25, -0.2) is 4.98 Å². The lowest BCUT2D eigenvalue weighted by molar-refractivity contribution is 0.961. The molecule has 0 aliphatic carbocycles. The topological polar surface area (TPSA) is 42.5 Å². The maximum Gasteiger partial charge on any atom is 0.165 e. The van der Waals surface area contributed by atoms with Crippen LogP contribution in [0.4, 0.5) is 0 Å². The van der Waals surface area contributed by atoms with Crippen LogP contribution >= 0.6 is 0 Å². The van der Waals surface area contributed by atoms with Gasteiger partial charge in [0.15, 0.2) is 11.6 Å². The van der Waals surface area contributed by atoms with Crippen molar-refractivity contribution in [3.8, 4) is 67.8 Å². The van der Waals surface area contributed by atoms with E-state index < -0.39 is 0 Å². The average Bonchev–Trinajstić information content (AvgIpc) is 1.39. The molecule has 22 aromatic rings. The lowest BCUT2D eigenvalue weighted by atomic mass is 9.86. The van der Waals surface area contributed by atoms with E-state index in [4.69, 9.17) is 4.98 Å². The van der Waals surface area contributed by atoms with Crippen LogP contribution in [0.25, 0.3) is 199 Å². The first-order valence-corrected chi connectivity index (χ1v) is 35.0. The molecule has 0 unspecified atom stereocenters. The van der Waals surface area contributed by atoms with Gasteiger partial charge in [0.2, 0.25) is 0 Å². The third-order valence-electron chi connectivity index (χ3n) is 21.6. The third-order valence-corrected chi connectivity index (χ3v) is 21.6. The Bertz CT molecular complexity index is 6760. The Morgan fingerprint density at radius 3 is 0.686 bits per heavy atom. The van der Waals surface area contributed by atoms with Crippen molar-refractivity contribution in [2.75, 3.05) is 0 Å². The Morgan fingerprint density at radius 1 is 0.167 bits per heavy atom. The van der Waals surface area contributed by atoms with Gasteiger partial charge in [-0.3, -0.25) is 9.13 Å². The molecule has 0 saturated carbocycles. The van der Waals surface area contributed by atoms with E-state index in [1.807, 2.05) is 0 Å². The van der Waals surface area contributed by atoms with E-state index in [-0.39, 0.29) is 0 Å². The summed E-state index contributed by atoms with van der Waals surface area (Å²) in [6.45, 7) is 0. The zero-order chi connectivity index (χ0) is 66.7. The molecule has 15 aromatic carbocycles. The zero-order valence-corrected chi connectivity index (χ0v) is 55.2. The molecule has 0 saturated heterocycles. The summed E-state index contributed by atoms with van der Waals surface area (Å²) in [5, 5.41) is 13.9. The van der Waals surface area contributed by atoms with E-state index in [0.717, 1.165) is 177 Å². The molecule has 0 amide bonds. The molecule has 0 bridgehead atoms. The minimum atomic E-state index is 0.766. The summed E-state index contributed by atoms with van der Waals surface area (Å²) in [4.78, 5) is 6.72. The number of pyridine rings is 1. The highest BCUT2D eigenvalue weighted by molar-refractivity contribution is 6.19. The Labute approximate surface area is 585 Å². The Kier molecular flexibility index (Phi) is 12.1. The van der Waals surface area contributed by atoms with Crippen molar-refractivity contribution in [1.82, 2.24) is 32.4 Å². The molecule has 7 heteroatoms. The number of hydrogen-bond acceptors (Lipinski definition) is 1. The van der Waals surface area contributed by atoms with Crippen molar-refractivity contribution < 1.29 is 0 Å². The van der Waals surface area contributed by atoms with Crippen LogP contribution in [0, 0.1) is 0 Å². The van der Waals surface area contributed by atoms with Crippen LogP contribution in [-0.4, -0.2) is 32.4 Å². The van der Waals surface area contributed by atoms with E-state index in [9.17, 15) is 0 Å². The molecule has 474 valence electrons. The highest BCUT2D eigenvalue weighted by Gasteiger charge is 2.35. The lowest BCUT2D eigenvalue weighted by Crippen LogP contribution is -2.16. The highest BCUT2D eigenvalue weighted by Crippen LogP contribution is 2.54. The molecule has 0 atom stereocenters. The summed E-state index contributed by atoms with van der Waals surface area (Å²) >= 11 is 0. The van der Waals surface area contributed by atoms with E-state index in [1.165, 1.54) is 21.5 Å². The molecule has 0 fully saturated rings. The quantitative estimate of drug-likeness (QED) is 0.142. The summed E-state index contributed by atoms with van der Waals surface area (Å²) in [5.41, 5.74) is 23.3. The van der Waals surface area contributed by atoms with Crippen molar-refractivity contribution in [2.24, 2.45) is 0 Å². The van der Waals surface area contributed by atoms with Crippen LogP contribution in [0.15, 0.2) is 358 Å². The van der Waals surface area contributed by atoms with Crippen LogP contribution in [0.5, 0.6) is 0 Å². The van der Waals surface area contributed by atoms with Crippen molar-refractivity contribution in [3.05, 3.63) is 358 Å². The van der Waals surface area contributed by atoms with Crippen molar-refractivity contribution in [2.45, 2.75) is 0 Å². The number of fused-ring (bicyclic) bond motifs is 18. The molecule has 0 aliphatic heterocycles. The number of nitrogens with zero attached hydrogens (tertiary/aromatic N) is 7. The van der Waals surface area contributed by atoms with Crippen molar-refractivity contribution in [1.29, 1.82) is 0 Å². The van der Waals surface area contributed by atoms with Gasteiger partial charge >= 0.3 is 0 Å². The molecule has 0 radical (unpaired) electrons. The van der Waals surface area contributed by atoms with Gasteiger partial charge in [0.05, 0.1) is 66.2 Å². The average molecular weight is 1300 g/mol. The van der Waals surface area contributed by atoms with Crippen LogP contribution < -0.4 is 0 Å². The van der Waals surface area contributed by atoms with E-state index >= 15 is 0 Å². The predicted molar refractivity (Wildman–Crippen MR) is 427 cm³/mol. The predicted octanol–water partition coefficient (Wildman–Crippen LogP) is 24.7. The Balaban J connectivity index is 1.03. The maximum absolute atomic E-state index is 6.72. The Morgan fingerprint density at radius 2 is 0.402 bits per heavy atom. The molecule has 7 heterocycles. The fraction of sp³-hybridized carbons (Fsp3) is 0. The van der Waals surface area contributed by atoms with Crippen LogP contribution in [-0.2, 0) is 0 Å². The lowest BCUT2D eigenvalue weighted by Gasteiger charge is -2.29. The first-order chi connectivity index (χ1) is 50.7. The van der Waals surface area contributed by atoms with Gasteiger partial charge in [0, 0.05) is 87.1 Å². The minimum Gasteiger partial charge on any atom is -0.309 e. The second kappa shape index (κ2) is 21.9. The minimum absolute atomic E-state index is 0.766. The second-order valence-corrected chi connectivity index (χ2v) is 26.9. The fourth-order valence-electron chi connectivity index (χ4n) is 17.4. The monoisotopic (exact) mass is 1300 g/mol. The maximum atomic E-state index is 6.72. The molecule has 102 heavy (non-hydrogen) atoms. The van der Waals surface area contributed by atoms with E-state index in [1.54, 1.807) is 0 Å². The van der Waals surface area contributed by atoms with Gasteiger partial charge in [-0.05, 0) is 119 Å². The number of hydrogen-bond donors (Lipinski definition) is 0. The van der Waals surface area contributed by atoms with Crippen LogP contribution in [0.2, 0.25) is 0 Å². The van der Waals surface area contributed by atoms with E-state index in [0.29, 0.717) is 0 Å². The van der Waals surface area contributed by atoms with Gasteiger partial charge in [-0.15, -0.1) is 0 Å².